The molecule has 0 spiro atoms. The number of nitrogen functional groups attached to an aromatic ring is 1. The quantitative estimate of drug-likeness (QED) is 0.805. The van der Waals surface area contributed by atoms with E-state index in [0.29, 0.717) is 31.3 Å². The van der Waals surface area contributed by atoms with Crippen LogP contribution in [0.5, 0.6) is 0 Å². The Morgan fingerprint density at radius 2 is 2.53 bits per heavy atom. The third-order valence-corrected chi connectivity index (χ3v) is 2.90. The van der Waals surface area contributed by atoms with Gasteiger partial charge < -0.3 is 15.8 Å². The van der Waals surface area contributed by atoms with Gasteiger partial charge >= 0.3 is 0 Å². The van der Waals surface area contributed by atoms with E-state index in [1.807, 2.05) is 12.1 Å². The molecule has 17 heavy (non-hydrogen) atoms. The number of ether oxygens (including phenoxy) is 1. The van der Waals surface area contributed by atoms with Crippen LogP contribution < -0.4 is 11.1 Å². The summed E-state index contributed by atoms with van der Waals surface area (Å²) in [7, 11) is 0. The maximum atomic E-state index is 11.7. The number of carbonyl (C=O) groups excluding carboxylic acids is 1. The third kappa shape index (κ3) is 3.42. The van der Waals surface area contributed by atoms with E-state index >= 15 is 0 Å². The van der Waals surface area contributed by atoms with Crippen LogP contribution in [0.4, 0.5) is 5.82 Å². The smallest absolute Gasteiger partial charge is 0.220 e. The van der Waals surface area contributed by atoms with Gasteiger partial charge in [-0.1, -0.05) is 6.07 Å². The number of hydrogen-bond donors (Lipinski definition) is 2. The summed E-state index contributed by atoms with van der Waals surface area (Å²) in [5.41, 5.74) is 6.54. The molecular weight excluding hydrogens is 218 g/mol. The first-order valence-electron chi connectivity index (χ1n) is 5.79. The molecule has 5 nitrogen and oxygen atoms in total. The van der Waals surface area contributed by atoms with Gasteiger partial charge in [0.05, 0.1) is 0 Å². The molecule has 2 heterocycles. The molecule has 1 amide bonds. The highest BCUT2D eigenvalue weighted by Gasteiger charge is 2.18. The predicted octanol–water partition coefficient (Wildman–Crippen LogP) is 0.707. The topological polar surface area (TPSA) is 77.2 Å². The molecule has 1 fully saturated rings. The minimum Gasteiger partial charge on any atom is -0.383 e. The summed E-state index contributed by atoms with van der Waals surface area (Å²) in [4.78, 5) is 15.6. The Bertz CT molecular complexity index is 389. The zero-order chi connectivity index (χ0) is 12.1. The molecule has 0 aromatic carbocycles. The number of amides is 1. The Balaban J connectivity index is 1.77. The van der Waals surface area contributed by atoms with Crippen LogP contribution in [0.25, 0.3) is 0 Å². The number of carbonyl (C=O) groups is 1. The van der Waals surface area contributed by atoms with Crippen molar-refractivity contribution in [1.29, 1.82) is 0 Å². The van der Waals surface area contributed by atoms with Crippen LogP contribution in [0.1, 0.15) is 18.4 Å². The number of pyridine rings is 1. The number of anilines is 1. The summed E-state index contributed by atoms with van der Waals surface area (Å²) >= 11 is 0. The number of nitrogens with one attached hydrogen (secondary N) is 1. The monoisotopic (exact) mass is 235 g/mol. The van der Waals surface area contributed by atoms with Crippen molar-refractivity contribution in [2.24, 2.45) is 5.92 Å². The molecule has 0 saturated carbocycles. The highest BCUT2D eigenvalue weighted by molar-refractivity contribution is 5.76. The minimum absolute atomic E-state index is 0.0451. The SMILES string of the molecule is Nc1ncccc1CNC(=O)C[C@H]1CCOC1. The maximum absolute atomic E-state index is 11.7. The van der Waals surface area contributed by atoms with Crippen molar-refractivity contribution >= 4 is 11.7 Å². The molecule has 5 heteroatoms. The summed E-state index contributed by atoms with van der Waals surface area (Å²) < 4.78 is 5.23. The van der Waals surface area contributed by atoms with Crippen LogP contribution in [0.15, 0.2) is 18.3 Å². The average molecular weight is 235 g/mol. The van der Waals surface area contributed by atoms with E-state index in [1.165, 1.54) is 0 Å². The highest BCUT2D eigenvalue weighted by atomic mass is 16.5. The van der Waals surface area contributed by atoms with Crippen LogP contribution >= 0.6 is 0 Å². The zero-order valence-electron chi connectivity index (χ0n) is 9.69. The molecule has 0 aliphatic carbocycles. The Morgan fingerprint density at radius 3 is 3.24 bits per heavy atom. The van der Waals surface area contributed by atoms with Gasteiger partial charge in [-0.25, -0.2) is 4.98 Å². The van der Waals surface area contributed by atoms with E-state index in [2.05, 4.69) is 10.3 Å². The average Bonchev–Trinajstić information content (AvgIpc) is 2.81. The highest BCUT2D eigenvalue weighted by Crippen LogP contribution is 2.16. The van der Waals surface area contributed by atoms with Crippen molar-refractivity contribution in [2.45, 2.75) is 19.4 Å². The Kier molecular flexibility index (Phi) is 3.93. The van der Waals surface area contributed by atoms with E-state index in [1.54, 1.807) is 6.20 Å². The second kappa shape index (κ2) is 5.63. The van der Waals surface area contributed by atoms with E-state index in [9.17, 15) is 4.79 Å². The molecule has 3 N–H and O–H groups in total. The molecule has 1 aromatic rings. The lowest BCUT2D eigenvalue weighted by molar-refractivity contribution is -0.122. The van der Waals surface area contributed by atoms with Crippen molar-refractivity contribution in [2.75, 3.05) is 18.9 Å². The van der Waals surface area contributed by atoms with Gasteiger partial charge in [-0.15, -0.1) is 0 Å². The van der Waals surface area contributed by atoms with Gasteiger partial charge in [0, 0.05) is 37.9 Å². The number of nitrogens with zero attached hydrogens (tertiary/aromatic N) is 1. The first-order chi connectivity index (χ1) is 8.25. The first kappa shape index (κ1) is 11.9. The Hall–Kier alpha value is -1.62. The predicted molar refractivity (Wildman–Crippen MR) is 64.0 cm³/mol. The molecule has 92 valence electrons. The first-order valence-corrected chi connectivity index (χ1v) is 5.79. The molecule has 1 aliphatic rings. The van der Waals surface area contributed by atoms with Gasteiger partial charge in [0.15, 0.2) is 0 Å². The van der Waals surface area contributed by atoms with E-state index in [-0.39, 0.29) is 5.91 Å². The molecule has 0 bridgehead atoms. The third-order valence-electron chi connectivity index (χ3n) is 2.90. The lowest BCUT2D eigenvalue weighted by Crippen LogP contribution is -2.25. The van der Waals surface area contributed by atoms with E-state index in [0.717, 1.165) is 18.6 Å². The lowest BCUT2D eigenvalue weighted by atomic mass is 10.0. The fourth-order valence-corrected chi connectivity index (χ4v) is 1.87. The molecular formula is C12H17N3O2. The maximum Gasteiger partial charge on any atom is 0.220 e. The van der Waals surface area contributed by atoms with Crippen molar-refractivity contribution in [3.63, 3.8) is 0 Å². The Labute approximate surface area is 100 Å². The summed E-state index contributed by atoms with van der Waals surface area (Å²) in [6, 6.07) is 3.67. The molecule has 1 saturated heterocycles. The molecule has 1 aromatic heterocycles. The molecule has 1 aliphatic heterocycles. The summed E-state index contributed by atoms with van der Waals surface area (Å²) in [5, 5.41) is 2.85. The van der Waals surface area contributed by atoms with Crippen molar-refractivity contribution in [3.8, 4) is 0 Å². The molecule has 0 radical (unpaired) electrons. The fourth-order valence-electron chi connectivity index (χ4n) is 1.87. The van der Waals surface area contributed by atoms with Crippen molar-refractivity contribution in [1.82, 2.24) is 10.3 Å². The standard InChI is InChI=1S/C12H17N3O2/c13-12-10(2-1-4-14-12)7-15-11(16)6-9-3-5-17-8-9/h1-2,4,9H,3,5-8H2,(H2,13,14)(H,15,16)/t9-/m1/s1. The van der Waals surface area contributed by atoms with Crippen molar-refractivity contribution < 1.29 is 9.53 Å². The largest absolute Gasteiger partial charge is 0.383 e. The fraction of sp³-hybridized carbons (Fsp3) is 0.500. The molecule has 1 atom stereocenters. The van der Waals surface area contributed by atoms with Crippen LogP contribution in [-0.4, -0.2) is 24.1 Å². The van der Waals surface area contributed by atoms with Crippen LogP contribution in [-0.2, 0) is 16.1 Å². The van der Waals surface area contributed by atoms with Gasteiger partial charge in [0.1, 0.15) is 5.82 Å². The van der Waals surface area contributed by atoms with Crippen LogP contribution in [0.3, 0.4) is 0 Å². The van der Waals surface area contributed by atoms with E-state index in [4.69, 9.17) is 10.5 Å². The zero-order valence-corrected chi connectivity index (χ0v) is 9.69. The second-order valence-corrected chi connectivity index (χ2v) is 4.26. The lowest BCUT2D eigenvalue weighted by Gasteiger charge is -2.09. The molecule has 2 rings (SSSR count). The number of aromatic nitrogens is 1. The van der Waals surface area contributed by atoms with Crippen LogP contribution in [0, 0.1) is 5.92 Å². The van der Waals surface area contributed by atoms with Gasteiger partial charge in [-0.05, 0) is 18.4 Å². The van der Waals surface area contributed by atoms with Crippen LogP contribution in [0.2, 0.25) is 0 Å². The van der Waals surface area contributed by atoms with Gasteiger partial charge in [-0.3, -0.25) is 4.79 Å². The number of rotatable bonds is 4. The van der Waals surface area contributed by atoms with Crippen molar-refractivity contribution in [3.05, 3.63) is 23.9 Å². The minimum atomic E-state index is 0.0451. The number of nitrogens with two attached hydrogens (primary N) is 1. The van der Waals surface area contributed by atoms with Gasteiger partial charge in [0.25, 0.3) is 0 Å². The second-order valence-electron chi connectivity index (χ2n) is 4.26. The normalized spacial score (nSPS) is 19.2. The number of hydrogen-bond acceptors (Lipinski definition) is 4. The van der Waals surface area contributed by atoms with Gasteiger partial charge in [0.2, 0.25) is 5.91 Å². The Morgan fingerprint density at radius 1 is 1.65 bits per heavy atom. The van der Waals surface area contributed by atoms with E-state index < -0.39 is 0 Å². The summed E-state index contributed by atoms with van der Waals surface area (Å²) in [6.07, 6.45) is 3.14. The van der Waals surface area contributed by atoms with Gasteiger partial charge in [-0.2, -0.15) is 0 Å². The summed E-state index contributed by atoms with van der Waals surface area (Å²) in [6.45, 7) is 1.90. The molecule has 0 unspecified atom stereocenters. The summed E-state index contributed by atoms with van der Waals surface area (Å²) in [5.74, 6) is 0.877.